The lowest BCUT2D eigenvalue weighted by Crippen LogP contribution is -2.33. The Kier molecular flexibility index (Phi) is 2.20. The molecule has 1 atom stereocenters. The molecule has 1 aliphatic rings. The van der Waals surface area contributed by atoms with Gasteiger partial charge in [0.25, 0.3) is 10.1 Å². The van der Waals surface area contributed by atoms with E-state index in [0.717, 1.165) is 5.56 Å². The van der Waals surface area contributed by atoms with Gasteiger partial charge in [0.15, 0.2) is 0 Å². The number of fused-ring (bicyclic) bond motifs is 1. The zero-order chi connectivity index (χ0) is 10.2. The van der Waals surface area contributed by atoms with Crippen LogP contribution < -0.4 is 4.74 Å². The molecule has 1 N–H and O–H groups in total. The van der Waals surface area contributed by atoms with Gasteiger partial charge in [-0.05, 0) is 18.1 Å². The van der Waals surface area contributed by atoms with Crippen LogP contribution in [-0.4, -0.2) is 24.8 Å². The minimum atomic E-state index is -3.99. The first-order valence-corrected chi connectivity index (χ1v) is 5.75. The van der Waals surface area contributed by atoms with Crippen molar-refractivity contribution in [1.82, 2.24) is 0 Å². The highest BCUT2D eigenvalue weighted by molar-refractivity contribution is 7.86. The molecule has 5 heteroatoms. The Labute approximate surface area is 82.3 Å². The summed E-state index contributed by atoms with van der Waals surface area (Å²) >= 11 is 0. The third-order valence-electron chi connectivity index (χ3n) is 2.27. The Balaban J connectivity index is 2.30. The third kappa shape index (κ3) is 1.73. The van der Waals surface area contributed by atoms with E-state index in [1.165, 1.54) is 0 Å². The molecule has 0 amide bonds. The van der Waals surface area contributed by atoms with E-state index in [0.29, 0.717) is 12.2 Å². The van der Waals surface area contributed by atoms with Gasteiger partial charge in [-0.2, -0.15) is 8.42 Å². The highest BCUT2D eigenvalue weighted by atomic mass is 32.2. The van der Waals surface area contributed by atoms with Crippen LogP contribution in [-0.2, 0) is 16.5 Å². The summed E-state index contributed by atoms with van der Waals surface area (Å²) in [6.07, 6.45) is 0.314. The SMILES string of the molecule is O=S(=O)(O)C1COc2ccccc2C1. The summed E-state index contributed by atoms with van der Waals surface area (Å²) in [6, 6.07) is 7.23. The van der Waals surface area contributed by atoms with Crippen LogP contribution >= 0.6 is 0 Å². The zero-order valence-electron chi connectivity index (χ0n) is 7.38. The monoisotopic (exact) mass is 214 g/mol. The fourth-order valence-corrected chi connectivity index (χ4v) is 2.12. The van der Waals surface area contributed by atoms with Gasteiger partial charge in [-0.1, -0.05) is 18.2 Å². The largest absolute Gasteiger partial charge is 0.492 e. The quantitative estimate of drug-likeness (QED) is 0.705. The average Bonchev–Trinajstić information content (AvgIpc) is 2.16. The second-order valence-corrected chi connectivity index (χ2v) is 4.96. The molecule has 2 rings (SSSR count). The van der Waals surface area contributed by atoms with E-state index in [2.05, 4.69) is 0 Å². The summed E-state index contributed by atoms with van der Waals surface area (Å²) in [4.78, 5) is 0. The lowest BCUT2D eigenvalue weighted by atomic mass is 10.1. The zero-order valence-corrected chi connectivity index (χ0v) is 8.20. The van der Waals surface area contributed by atoms with Crippen LogP contribution in [0.15, 0.2) is 24.3 Å². The van der Waals surface area contributed by atoms with Crippen LogP contribution in [0.3, 0.4) is 0 Å². The van der Waals surface area contributed by atoms with E-state index in [1.807, 2.05) is 12.1 Å². The highest BCUT2D eigenvalue weighted by Crippen LogP contribution is 2.26. The van der Waals surface area contributed by atoms with Crippen LogP contribution in [0.2, 0.25) is 0 Å². The van der Waals surface area contributed by atoms with Crippen LogP contribution in [0.4, 0.5) is 0 Å². The maximum absolute atomic E-state index is 10.9. The predicted molar refractivity (Wildman–Crippen MR) is 51.0 cm³/mol. The summed E-state index contributed by atoms with van der Waals surface area (Å²) in [7, 11) is -3.99. The van der Waals surface area contributed by atoms with E-state index in [1.54, 1.807) is 12.1 Å². The Hall–Kier alpha value is -1.07. The van der Waals surface area contributed by atoms with Crippen molar-refractivity contribution in [2.45, 2.75) is 11.7 Å². The van der Waals surface area contributed by atoms with E-state index >= 15 is 0 Å². The summed E-state index contributed by atoms with van der Waals surface area (Å²) in [5, 5.41) is -0.836. The maximum Gasteiger partial charge on any atom is 0.271 e. The minimum Gasteiger partial charge on any atom is -0.492 e. The molecule has 1 unspecified atom stereocenters. The molecule has 76 valence electrons. The van der Waals surface area contributed by atoms with Gasteiger partial charge in [-0.3, -0.25) is 4.55 Å². The Morgan fingerprint density at radius 3 is 2.79 bits per heavy atom. The third-order valence-corrected chi connectivity index (χ3v) is 3.41. The van der Waals surface area contributed by atoms with Gasteiger partial charge in [0.1, 0.15) is 17.6 Å². The first-order chi connectivity index (χ1) is 6.57. The molecular weight excluding hydrogens is 204 g/mol. The first kappa shape index (κ1) is 9.48. The molecule has 0 fully saturated rings. The van der Waals surface area contributed by atoms with E-state index in [-0.39, 0.29) is 6.61 Å². The molecule has 14 heavy (non-hydrogen) atoms. The number of hydrogen-bond donors (Lipinski definition) is 1. The van der Waals surface area contributed by atoms with Gasteiger partial charge in [0.05, 0.1) is 0 Å². The summed E-state index contributed by atoms with van der Waals surface area (Å²) < 4.78 is 35.8. The van der Waals surface area contributed by atoms with E-state index in [4.69, 9.17) is 9.29 Å². The molecule has 4 nitrogen and oxygen atoms in total. The minimum absolute atomic E-state index is 0.0237. The number of ether oxygens (including phenoxy) is 1. The molecule has 1 heterocycles. The molecule has 0 aliphatic carbocycles. The first-order valence-electron chi connectivity index (χ1n) is 4.24. The number of rotatable bonds is 1. The van der Waals surface area contributed by atoms with Crippen LogP contribution in [0.1, 0.15) is 5.56 Å². The fraction of sp³-hybridized carbons (Fsp3) is 0.333. The highest BCUT2D eigenvalue weighted by Gasteiger charge is 2.29. The van der Waals surface area contributed by atoms with Crippen molar-refractivity contribution >= 4 is 10.1 Å². The smallest absolute Gasteiger partial charge is 0.271 e. The van der Waals surface area contributed by atoms with E-state index in [9.17, 15) is 8.42 Å². The van der Waals surface area contributed by atoms with Crippen LogP contribution in [0, 0.1) is 0 Å². The molecule has 0 saturated heterocycles. The molecule has 0 aromatic heterocycles. The summed E-state index contributed by atoms with van der Waals surface area (Å²) in [6.45, 7) is 0.0237. The van der Waals surface area contributed by atoms with Gasteiger partial charge in [-0.25, -0.2) is 0 Å². The Bertz CT molecular complexity index is 438. The Morgan fingerprint density at radius 2 is 2.07 bits per heavy atom. The predicted octanol–water partition coefficient (Wildman–Crippen LogP) is 0.878. The lowest BCUT2D eigenvalue weighted by Gasteiger charge is -2.22. The van der Waals surface area contributed by atoms with Gasteiger partial charge in [-0.15, -0.1) is 0 Å². The van der Waals surface area contributed by atoms with Crippen molar-refractivity contribution in [3.05, 3.63) is 29.8 Å². The molecule has 0 spiro atoms. The average molecular weight is 214 g/mol. The maximum atomic E-state index is 10.9. The van der Waals surface area contributed by atoms with Crippen molar-refractivity contribution < 1.29 is 17.7 Å². The van der Waals surface area contributed by atoms with Crippen LogP contribution in [0.25, 0.3) is 0 Å². The van der Waals surface area contributed by atoms with Crippen molar-refractivity contribution in [1.29, 1.82) is 0 Å². The van der Waals surface area contributed by atoms with Crippen molar-refractivity contribution in [3.63, 3.8) is 0 Å². The standard InChI is InChI=1S/C9H10O4S/c10-14(11,12)8-5-7-3-1-2-4-9(7)13-6-8/h1-4,8H,5-6H2,(H,10,11,12). The molecule has 0 bridgehead atoms. The number of hydrogen-bond acceptors (Lipinski definition) is 3. The van der Waals surface area contributed by atoms with Crippen molar-refractivity contribution in [2.24, 2.45) is 0 Å². The van der Waals surface area contributed by atoms with Crippen molar-refractivity contribution in [3.8, 4) is 5.75 Å². The van der Waals surface area contributed by atoms with Gasteiger partial charge in [0, 0.05) is 0 Å². The molecule has 0 saturated carbocycles. The number of benzene rings is 1. The summed E-state index contributed by atoms with van der Waals surface area (Å²) in [5.74, 6) is 0.701. The second kappa shape index (κ2) is 3.25. The molecule has 1 aromatic carbocycles. The normalized spacial score (nSPS) is 21.1. The van der Waals surface area contributed by atoms with Crippen LogP contribution in [0.5, 0.6) is 5.75 Å². The number of para-hydroxylation sites is 1. The Morgan fingerprint density at radius 1 is 1.36 bits per heavy atom. The molecular formula is C9H10O4S. The van der Waals surface area contributed by atoms with Gasteiger partial charge < -0.3 is 4.74 Å². The van der Waals surface area contributed by atoms with E-state index < -0.39 is 15.4 Å². The molecule has 1 aliphatic heterocycles. The lowest BCUT2D eigenvalue weighted by molar-refractivity contribution is 0.282. The van der Waals surface area contributed by atoms with Gasteiger partial charge >= 0.3 is 0 Å². The topological polar surface area (TPSA) is 63.6 Å². The van der Waals surface area contributed by atoms with Crippen molar-refractivity contribution in [2.75, 3.05) is 6.61 Å². The van der Waals surface area contributed by atoms with Gasteiger partial charge in [0.2, 0.25) is 0 Å². The fourth-order valence-electron chi connectivity index (χ4n) is 1.49. The summed E-state index contributed by atoms with van der Waals surface area (Å²) in [5.41, 5.74) is 0.821. The molecule has 0 radical (unpaired) electrons. The second-order valence-electron chi connectivity index (χ2n) is 3.26. The molecule has 1 aromatic rings.